The number of nitrogens with two attached hydrogens (primary N) is 2. The number of nitrogens with zero attached hydrogens (tertiary/aromatic N) is 1. The molecule has 0 aliphatic carbocycles. The Morgan fingerprint density at radius 1 is 1.29 bits per heavy atom. The summed E-state index contributed by atoms with van der Waals surface area (Å²) in [7, 11) is 0. The lowest BCUT2D eigenvalue weighted by Gasteiger charge is -1.97. The molecule has 14 heavy (non-hydrogen) atoms. The first-order chi connectivity index (χ1) is 6.63. The summed E-state index contributed by atoms with van der Waals surface area (Å²) in [5.74, 6) is 0. The van der Waals surface area contributed by atoms with E-state index in [1.54, 1.807) is 6.20 Å². The van der Waals surface area contributed by atoms with Crippen LogP contribution in [0.25, 0.3) is 0 Å². The first-order valence-electron chi connectivity index (χ1n) is 4.61. The van der Waals surface area contributed by atoms with Crippen molar-refractivity contribution in [2.45, 2.75) is 20.8 Å². The van der Waals surface area contributed by atoms with Gasteiger partial charge in [0.25, 0.3) is 0 Å². The summed E-state index contributed by atoms with van der Waals surface area (Å²) < 4.78 is 0. The lowest BCUT2D eigenvalue weighted by Crippen LogP contribution is -2.02. The molecule has 0 aliphatic heterocycles. The lowest BCUT2D eigenvalue weighted by atomic mass is 10.2. The van der Waals surface area contributed by atoms with Crippen molar-refractivity contribution in [2.24, 2.45) is 16.5 Å². The van der Waals surface area contributed by atoms with Crippen molar-refractivity contribution in [3.05, 3.63) is 35.7 Å². The molecule has 0 rings (SSSR count). The van der Waals surface area contributed by atoms with E-state index < -0.39 is 0 Å². The summed E-state index contributed by atoms with van der Waals surface area (Å²) in [4.78, 5) is 4.32. The van der Waals surface area contributed by atoms with Crippen LogP contribution in [0.3, 0.4) is 0 Å². The molecule has 0 heterocycles. The second-order valence-corrected chi connectivity index (χ2v) is 2.98. The van der Waals surface area contributed by atoms with Crippen LogP contribution in [-0.4, -0.2) is 12.3 Å². The van der Waals surface area contributed by atoms with E-state index >= 15 is 0 Å². The average molecular weight is 193 g/mol. The van der Waals surface area contributed by atoms with E-state index in [4.69, 9.17) is 11.5 Å². The highest BCUT2D eigenvalue weighted by atomic mass is 14.8. The highest BCUT2D eigenvalue weighted by molar-refractivity contribution is 5.93. The zero-order valence-corrected chi connectivity index (χ0v) is 9.12. The molecule has 0 saturated carbocycles. The molecule has 78 valence electrons. The van der Waals surface area contributed by atoms with Crippen LogP contribution in [-0.2, 0) is 0 Å². The molecular weight excluding hydrogens is 174 g/mol. The Bertz CT molecular complexity index is 283. The van der Waals surface area contributed by atoms with Gasteiger partial charge < -0.3 is 11.5 Å². The Balaban J connectivity index is 4.48. The Morgan fingerprint density at radius 3 is 2.36 bits per heavy atom. The molecule has 0 bridgehead atoms. The molecule has 0 aromatic rings. The fourth-order valence-electron chi connectivity index (χ4n) is 0.799. The van der Waals surface area contributed by atoms with Crippen LogP contribution in [0.1, 0.15) is 20.8 Å². The van der Waals surface area contributed by atoms with Gasteiger partial charge in [-0.25, -0.2) is 0 Å². The van der Waals surface area contributed by atoms with Crippen LogP contribution in [0, 0.1) is 0 Å². The van der Waals surface area contributed by atoms with Crippen molar-refractivity contribution in [3.63, 3.8) is 0 Å². The number of allylic oxidation sites excluding steroid dienone is 4. The normalized spacial score (nSPS) is 15.3. The molecule has 4 N–H and O–H groups in total. The molecule has 0 unspecified atom stereocenters. The highest BCUT2D eigenvalue weighted by Gasteiger charge is 1.89. The highest BCUT2D eigenvalue weighted by Crippen LogP contribution is 1.97. The summed E-state index contributed by atoms with van der Waals surface area (Å²) >= 11 is 0. The van der Waals surface area contributed by atoms with E-state index in [-0.39, 0.29) is 0 Å². The summed E-state index contributed by atoms with van der Waals surface area (Å²) in [6.45, 7) is 6.25. The molecule has 3 heteroatoms. The van der Waals surface area contributed by atoms with E-state index in [1.165, 1.54) is 0 Å². The van der Waals surface area contributed by atoms with Crippen molar-refractivity contribution in [1.29, 1.82) is 0 Å². The van der Waals surface area contributed by atoms with Gasteiger partial charge >= 0.3 is 0 Å². The van der Waals surface area contributed by atoms with Gasteiger partial charge in [-0.3, -0.25) is 4.99 Å². The molecule has 3 nitrogen and oxygen atoms in total. The molecule has 0 aromatic carbocycles. The van der Waals surface area contributed by atoms with Crippen LogP contribution in [0.2, 0.25) is 0 Å². The van der Waals surface area contributed by atoms with Crippen molar-refractivity contribution in [1.82, 2.24) is 0 Å². The standard InChI is InChI=1S/C11H19N3/c1-4-11(8-13)14-10(3)6-5-9(2)7-12/h4-7H,8,12-13H2,1-3H3/b6-5-,9-7-,11-4-,14-10+. The molecule has 0 spiro atoms. The second kappa shape index (κ2) is 7.09. The van der Waals surface area contributed by atoms with Crippen LogP contribution in [0.4, 0.5) is 0 Å². The lowest BCUT2D eigenvalue weighted by molar-refractivity contribution is 1.10. The maximum atomic E-state index is 5.48. The largest absolute Gasteiger partial charge is 0.404 e. The number of rotatable bonds is 4. The molecule has 0 amide bonds. The van der Waals surface area contributed by atoms with E-state index in [0.717, 1.165) is 17.0 Å². The number of hydrogen-bond acceptors (Lipinski definition) is 3. The van der Waals surface area contributed by atoms with Crippen molar-refractivity contribution in [3.8, 4) is 0 Å². The SMILES string of the molecule is C\C=C(CN)/N=C(C)/C=C\C(C)=C/N. The monoisotopic (exact) mass is 193 g/mol. The zero-order chi connectivity index (χ0) is 11.0. The third-order valence-corrected chi connectivity index (χ3v) is 1.71. The Labute approximate surface area is 85.9 Å². The predicted molar refractivity (Wildman–Crippen MR) is 63.0 cm³/mol. The van der Waals surface area contributed by atoms with Crippen LogP contribution in [0.15, 0.2) is 40.7 Å². The van der Waals surface area contributed by atoms with Gasteiger partial charge in [0.2, 0.25) is 0 Å². The van der Waals surface area contributed by atoms with Gasteiger partial charge in [-0.05, 0) is 38.6 Å². The number of hydrogen-bond donors (Lipinski definition) is 2. The fraction of sp³-hybridized carbons (Fsp3) is 0.364. The molecule has 0 aliphatic rings. The summed E-state index contributed by atoms with van der Waals surface area (Å²) in [6.07, 6.45) is 7.30. The van der Waals surface area contributed by atoms with Crippen LogP contribution in [0.5, 0.6) is 0 Å². The van der Waals surface area contributed by atoms with Crippen LogP contribution >= 0.6 is 0 Å². The summed E-state index contributed by atoms with van der Waals surface area (Å²) in [6, 6.07) is 0. The molecule has 0 fully saturated rings. The first kappa shape index (κ1) is 12.7. The van der Waals surface area contributed by atoms with Gasteiger partial charge in [0, 0.05) is 18.0 Å². The topological polar surface area (TPSA) is 64.4 Å². The van der Waals surface area contributed by atoms with Crippen molar-refractivity contribution in [2.75, 3.05) is 6.54 Å². The molecule has 0 aromatic heterocycles. The zero-order valence-electron chi connectivity index (χ0n) is 9.12. The maximum absolute atomic E-state index is 5.48. The smallest absolute Gasteiger partial charge is 0.0500 e. The Hall–Kier alpha value is -1.35. The van der Waals surface area contributed by atoms with Crippen molar-refractivity contribution >= 4 is 5.71 Å². The van der Waals surface area contributed by atoms with E-state index in [9.17, 15) is 0 Å². The summed E-state index contributed by atoms with van der Waals surface area (Å²) in [5.41, 5.74) is 13.6. The second-order valence-electron chi connectivity index (χ2n) is 2.98. The van der Waals surface area contributed by atoms with Gasteiger partial charge in [0.05, 0.1) is 0 Å². The third kappa shape index (κ3) is 5.32. The van der Waals surface area contributed by atoms with Gasteiger partial charge in [-0.2, -0.15) is 0 Å². The quantitative estimate of drug-likeness (QED) is 0.527. The minimum absolute atomic E-state index is 0.466. The first-order valence-corrected chi connectivity index (χ1v) is 4.61. The Morgan fingerprint density at radius 2 is 1.93 bits per heavy atom. The van der Waals surface area contributed by atoms with E-state index in [1.807, 2.05) is 39.0 Å². The van der Waals surface area contributed by atoms with Crippen LogP contribution < -0.4 is 11.5 Å². The number of aliphatic imine (C=N–C) groups is 1. The fourth-order valence-corrected chi connectivity index (χ4v) is 0.799. The minimum Gasteiger partial charge on any atom is -0.404 e. The van der Waals surface area contributed by atoms with E-state index in [2.05, 4.69) is 4.99 Å². The predicted octanol–water partition coefficient (Wildman–Crippen LogP) is 1.73. The van der Waals surface area contributed by atoms with Gasteiger partial charge in [0.1, 0.15) is 0 Å². The summed E-state index contributed by atoms with van der Waals surface area (Å²) in [5, 5.41) is 0. The van der Waals surface area contributed by atoms with Gasteiger partial charge in [-0.1, -0.05) is 12.2 Å². The van der Waals surface area contributed by atoms with Gasteiger partial charge in [0.15, 0.2) is 0 Å². The molecule has 0 atom stereocenters. The Kier molecular flexibility index (Phi) is 6.41. The third-order valence-electron chi connectivity index (χ3n) is 1.71. The van der Waals surface area contributed by atoms with Crippen molar-refractivity contribution < 1.29 is 0 Å². The average Bonchev–Trinajstić information content (AvgIpc) is 2.22. The molecule has 0 radical (unpaired) electrons. The minimum atomic E-state index is 0.466. The maximum Gasteiger partial charge on any atom is 0.0500 e. The molecule has 0 saturated heterocycles. The van der Waals surface area contributed by atoms with Gasteiger partial charge in [-0.15, -0.1) is 0 Å². The molecular formula is C11H19N3. The van der Waals surface area contributed by atoms with E-state index in [0.29, 0.717) is 6.54 Å².